The Bertz CT molecular complexity index is 461. The molecular formula is C15H22BrClN2O. The Kier molecular flexibility index (Phi) is 5.73. The van der Waals surface area contributed by atoms with Crippen molar-refractivity contribution in [2.45, 2.75) is 26.3 Å². The Morgan fingerprint density at radius 1 is 1.35 bits per heavy atom. The molecule has 0 aliphatic carbocycles. The van der Waals surface area contributed by atoms with Crippen LogP contribution < -0.4 is 5.32 Å². The van der Waals surface area contributed by atoms with E-state index in [1.165, 1.54) is 0 Å². The highest BCUT2D eigenvalue weighted by molar-refractivity contribution is 9.10. The van der Waals surface area contributed by atoms with Crippen molar-refractivity contribution < 1.29 is 5.11 Å². The van der Waals surface area contributed by atoms with Gasteiger partial charge < -0.3 is 10.4 Å². The molecule has 0 bridgehead atoms. The van der Waals surface area contributed by atoms with E-state index >= 15 is 0 Å². The predicted octanol–water partition coefficient (Wildman–Crippen LogP) is 3.80. The van der Waals surface area contributed by atoms with Crippen molar-refractivity contribution in [3.8, 4) is 5.75 Å². The number of piperazine rings is 1. The van der Waals surface area contributed by atoms with E-state index in [0.717, 1.165) is 38.2 Å². The molecule has 2 N–H and O–H groups in total. The van der Waals surface area contributed by atoms with Crippen LogP contribution in [-0.4, -0.2) is 36.2 Å². The van der Waals surface area contributed by atoms with Crippen LogP contribution in [-0.2, 0) is 0 Å². The molecule has 1 aromatic carbocycles. The summed E-state index contributed by atoms with van der Waals surface area (Å²) in [6, 6.07) is 3.82. The van der Waals surface area contributed by atoms with Crippen LogP contribution in [0.25, 0.3) is 0 Å². The average Bonchev–Trinajstić information content (AvgIpc) is 2.43. The summed E-state index contributed by atoms with van der Waals surface area (Å²) in [7, 11) is 0. The van der Waals surface area contributed by atoms with Gasteiger partial charge in [-0.15, -0.1) is 0 Å². The van der Waals surface area contributed by atoms with Gasteiger partial charge in [0.25, 0.3) is 0 Å². The minimum atomic E-state index is 0.169. The topological polar surface area (TPSA) is 35.5 Å². The highest BCUT2D eigenvalue weighted by Gasteiger charge is 2.28. The first-order valence-corrected chi connectivity index (χ1v) is 8.29. The number of hydrogen-bond donors (Lipinski definition) is 2. The van der Waals surface area contributed by atoms with Gasteiger partial charge in [-0.25, -0.2) is 0 Å². The molecule has 5 heteroatoms. The van der Waals surface area contributed by atoms with Crippen molar-refractivity contribution >= 4 is 27.5 Å². The number of nitrogens with one attached hydrogen (secondary N) is 1. The molecule has 0 amide bonds. The van der Waals surface area contributed by atoms with Crippen LogP contribution in [0.3, 0.4) is 0 Å². The van der Waals surface area contributed by atoms with E-state index in [9.17, 15) is 5.11 Å². The maximum absolute atomic E-state index is 10.4. The van der Waals surface area contributed by atoms with Gasteiger partial charge in [-0.1, -0.05) is 25.4 Å². The predicted molar refractivity (Wildman–Crippen MR) is 87.5 cm³/mol. The molecular weight excluding hydrogens is 340 g/mol. The fourth-order valence-corrected chi connectivity index (χ4v) is 3.39. The molecule has 0 aromatic heterocycles. The fourth-order valence-electron chi connectivity index (χ4n) is 2.76. The van der Waals surface area contributed by atoms with Gasteiger partial charge in [0.15, 0.2) is 0 Å². The Morgan fingerprint density at radius 2 is 2.00 bits per heavy atom. The number of phenolic OH excluding ortho intramolecular Hbond substituents is 1. The molecule has 20 heavy (non-hydrogen) atoms. The van der Waals surface area contributed by atoms with Gasteiger partial charge in [-0.2, -0.15) is 0 Å². The lowest BCUT2D eigenvalue weighted by Gasteiger charge is -2.37. The summed E-state index contributed by atoms with van der Waals surface area (Å²) in [5.74, 6) is 0.825. The molecule has 1 aliphatic heterocycles. The summed E-state index contributed by atoms with van der Waals surface area (Å²) in [5.41, 5.74) is 0.858. The number of benzene rings is 1. The van der Waals surface area contributed by atoms with E-state index in [0.29, 0.717) is 15.4 Å². The van der Waals surface area contributed by atoms with Gasteiger partial charge in [0, 0.05) is 42.8 Å². The first-order valence-electron chi connectivity index (χ1n) is 7.12. The van der Waals surface area contributed by atoms with Gasteiger partial charge >= 0.3 is 0 Å². The van der Waals surface area contributed by atoms with Crippen LogP contribution >= 0.6 is 27.5 Å². The van der Waals surface area contributed by atoms with Crippen LogP contribution in [0, 0.1) is 5.92 Å². The normalized spacial score (nSPS) is 18.4. The number of hydrogen-bond acceptors (Lipinski definition) is 3. The molecule has 0 saturated carbocycles. The van der Waals surface area contributed by atoms with E-state index in [-0.39, 0.29) is 11.8 Å². The molecule has 0 unspecified atom stereocenters. The lowest BCUT2D eigenvalue weighted by Crippen LogP contribution is -2.45. The SMILES string of the molecule is CC(C)C[C@@H](c1c(Cl)ccc(Br)c1O)N1CCNCC1. The van der Waals surface area contributed by atoms with Crippen LogP contribution in [0.5, 0.6) is 5.75 Å². The van der Waals surface area contributed by atoms with E-state index in [1.54, 1.807) is 6.07 Å². The summed E-state index contributed by atoms with van der Waals surface area (Å²) in [6.07, 6.45) is 0.990. The van der Waals surface area contributed by atoms with Crippen molar-refractivity contribution in [3.63, 3.8) is 0 Å². The quantitative estimate of drug-likeness (QED) is 0.856. The second-order valence-corrected chi connectivity index (χ2v) is 6.98. The molecule has 1 atom stereocenters. The van der Waals surface area contributed by atoms with Gasteiger partial charge in [0.05, 0.1) is 4.47 Å². The van der Waals surface area contributed by atoms with Crippen molar-refractivity contribution in [2.75, 3.05) is 26.2 Å². The lowest BCUT2D eigenvalue weighted by atomic mass is 9.94. The van der Waals surface area contributed by atoms with Crippen molar-refractivity contribution in [1.82, 2.24) is 10.2 Å². The van der Waals surface area contributed by atoms with E-state index in [4.69, 9.17) is 11.6 Å². The van der Waals surface area contributed by atoms with Crippen LogP contribution in [0.15, 0.2) is 16.6 Å². The monoisotopic (exact) mass is 360 g/mol. The molecule has 1 saturated heterocycles. The second-order valence-electron chi connectivity index (χ2n) is 5.72. The Morgan fingerprint density at radius 3 is 2.60 bits per heavy atom. The number of halogens is 2. The highest BCUT2D eigenvalue weighted by Crippen LogP contribution is 2.42. The zero-order valence-corrected chi connectivity index (χ0v) is 14.3. The third kappa shape index (κ3) is 3.67. The van der Waals surface area contributed by atoms with Crippen LogP contribution in [0.1, 0.15) is 31.9 Å². The summed E-state index contributed by atoms with van der Waals surface area (Å²) in [4.78, 5) is 2.42. The fraction of sp³-hybridized carbons (Fsp3) is 0.600. The highest BCUT2D eigenvalue weighted by atomic mass is 79.9. The van der Waals surface area contributed by atoms with E-state index in [2.05, 4.69) is 40.0 Å². The molecule has 1 heterocycles. The van der Waals surface area contributed by atoms with Crippen molar-refractivity contribution in [1.29, 1.82) is 0 Å². The molecule has 1 aliphatic rings. The summed E-state index contributed by atoms with van der Waals surface area (Å²) < 4.78 is 0.709. The Hall–Kier alpha value is -0.290. The minimum Gasteiger partial charge on any atom is -0.506 e. The standard InChI is InChI=1S/C15H22BrClN2O/c1-10(2)9-13(19-7-5-18-6-8-19)14-12(17)4-3-11(16)15(14)20/h3-4,10,13,18,20H,5-9H2,1-2H3/t13-/m0/s1. The zero-order chi connectivity index (χ0) is 14.7. The minimum absolute atomic E-state index is 0.169. The van der Waals surface area contributed by atoms with E-state index < -0.39 is 0 Å². The number of nitrogens with zero attached hydrogens (tertiary/aromatic N) is 1. The molecule has 0 radical (unpaired) electrons. The lowest BCUT2D eigenvalue weighted by molar-refractivity contribution is 0.151. The smallest absolute Gasteiger partial charge is 0.136 e. The maximum atomic E-state index is 10.4. The first-order chi connectivity index (χ1) is 9.50. The van der Waals surface area contributed by atoms with Crippen molar-refractivity contribution in [3.05, 3.63) is 27.2 Å². The molecule has 112 valence electrons. The average molecular weight is 362 g/mol. The van der Waals surface area contributed by atoms with Gasteiger partial charge in [-0.3, -0.25) is 4.90 Å². The van der Waals surface area contributed by atoms with E-state index in [1.807, 2.05) is 6.07 Å². The second kappa shape index (κ2) is 7.12. The molecule has 2 rings (SSSR count). The summed E-state index contributed by atoms with van der Waals surface area (Å²) >= 11 is 9.78. The molecule has 0 spiro atoms. The van der Waals surface area contributed by atoms with Crippen molar-refractivity contribution in [2.24, 2.45) is 5.92 Å². The number of phenols is 1. The van der Waals surface area contributed by atoms with Gasteiger partial charge in [-0.05, 0) is 40.4 Å². The number of rotatable bonds is 4. The zero-order valence-electron chi connectivity index (χ0n) is 12.0. The Balaban J connectivity index is 2.37. The number of aromatic hydroxyl groups is 1. The largest absolute Gasteiger partial charge is 0.506 e. The molecule has 3 nitrogen and oxygen atoms in total. The van der Waals surface area contributed by atoms with Crippen LogP contribution in [0.4, 0.5) is 0 Å². The van der Waals surface area contributed by atoms with Crippen LogP contribution in [0.2, 0.25) is 5.02 Å². The molecule has 1 aromatic rings. The molecule has 1 fully saturated rings. The van der Waals surface area contributed by atoms with Gasteiger partial charge in [0.1, 0.15) is 5.75 Å². The Labute approximate surface area is 134 Å². The maximum Gasteiger partial charge on any atom is 0.136 e. The third-order valence-electron chi connectivity index (χ3n) is 3.73. The summed E-state index contributed by atoms with van der Waals surface area (Å²) in [6.45, 7) is 8.36. The third-order valence-corrected chi connectivity index (χ3v) is 4.70. The van der Waals surface area contributed by atoms with Gasteiger partial charge in [0.2, 0.25) is 0 Å². The first kappa shape index (κ1) is 16.1. The summed E-state index contributed by atoms with van der Waals surface area (Å²) in [5, 5.41) is 14.4.